The smallest absolute Gasteiger partial charge is 0.251 e. The first-order valence-corrected chi connectivity index (χ1v) is 8.59. The van der Waals surface area contributed by atoms with Gasteiger partial charge in [0.15, 0.2) is 5.78 Å². The second-order valence-electron chi connectivity index (χ2n) is 6.55. The van der Waals surface area contributed by atoms with Crippen LogP contribution in [0.1, 0.15) is 35.2 Å². The zero-order valence-electron chi connectivity index (χ0n) is 14.4. The van der Waals surface area contributed by atoms with Crippen LogP contribution in [-0.2, 0) is 11.3 Å². The lowest BCUT2D eigenvalue weighted by atomic mass is 10.0. The molecule has 3 rings (SSSR count). The number of hydrogen-bond donors (Lipinski definition) is 0. The summed E-state index contributed by atoms with van der Waals surface area (Å²) in [6.07, 6.45) is 3.70. The lowest BCUT2D eigenvalue weighted by Crippen LogP contribution is -2.40. The van der Waals surface area contributed by atoms with Crippen molar-refractivity contribution in [3.05, 3.63) is 70.1 Å². The predicted octanol–water partition coefficient (Wildman–Crippen LogP) is 2.42. The normalized spacial score (nSPS) is 16.8. The first-order chi connectivity index (χ1) is 12.0. The van der Waals surface area contributed by atoms with Gasteiger partial charge in [0.2, 0.25) is 5.91 Å². The summed E-state index contributed by atoms with van der Waals surface area (Å²) in [6.45, 7) is 2.51. The van der Waals surface area contributed by atoms with Gasteiger partial charge in [-0.25, -0.2) is 0 Å². The molecule has 1 amide bonds. The molecule has 1 aromatic heterocycles. The molecule has 0 N–H and O–H groups in total. The molecule has 1 saturated heterocycles. The fourth-order valence-electron chi connectivity index (χ4n) is 3.31. The van der Waals surface area contributed by atoms with Crippen LogP contribution in [0.5, 0.6) is 0 Å². The maximum atomic E-state index is 12.6. The third-order valence-electron chi connectivity index (χ3n) is 4.67. The van der Waals surface area contributed by atoms with Crippen molar-refractivity contribution in [3.8, 4) is 0 Å². The molecule has 25 heavy (non-hydrogen) atoms. The highest BCUT2D eigenvalue weighted by atomic mass is 16.2. The summed E-state index contributed by atoms with van der Waals surface area (Å²) < 4.78 is 1.42. The number of benzene rings is 1. The van der Waals surface area contributed by atoms with Crippen molar-refractivity contribution < 1.29 is 9.59 Å². The molecule has 2 aromatic rings. The number of ketones is 1. The highest BCUT2D eigenvalue weighted by molar-refractivity contribution is 5.96. The van der Waals surface area contributed by atoms with Crippen molar-refractivity contribution in [2.24, 2.45) is 0 Å². The van der Waals surface area contributed by atoms with Crippen molar-refractivity contribution in [1.82, 2.24) is 9.47 Å². The van der Waals surface area contributed by atoms with Crippen LogP contribution in [-0.4, -0.2) is 33.7 Å². The van der Waals surface area contributed by atoms with Gasteiger partial charge in [-0.15, -0.1) is 0 Å². The molecule has 1 atom stereocenters. The highest BCUT2D eigenvalue weighted by Crippen LogP contribution is 2.22. The van der Waals surface area contributed by atoms with Crippen molar-refractivity contribution in [3.63, 3.8) is 0 Å². The molecule has 130 valence electrons. The molecule has 0 saturated carbocycles. The van der Waals surface area contributed by atoms with E-state index in [1.165, 1.54) is 10.6 Å². The molecular weight excluding hydrogens is 316 g/mol. The van der Waals surface area contributed by atoms with Crippen molar-refractivity contribution in [1.29, 1.82) is 0 Å². The number of aromatic nitrogens is 1. The van der Waals surface area contributed by atoms with Crippen LogP contribution >= 0.6 is 0 Å². The lowest BCUT2D eigenvalue weighted by molar-refractivity contribution is -0.132. The maximum absolute atomic E-state index is 12.6. The molecule has 0 unspecified atom stereocenters. The first-order valence-electron chi connectivity index (χ1n) is 8.59. The van der Waals surface area contributed by atoms with E-state index in [0.29, 0.717) is 18.5 Å². The summed E-state index contributed by atoms with van der Waals surface area (Å²) in [5.41, 5.74) is 1.38. The molecule has 0 radical (unpaired) electrons. The van der Waals surface area contributed by atoms with Gasteiger partial charge < -0.3 is 9.47 Å². The highest BCUT2D eigenvalue weighted by Gasteiger charge is 2.30. The molecule has 5 nitrogen and oxygen atoms in total. The van der Waals surface area contributed by atoms with Crippen molar-refractivity contribution >= 4 is 11.7 Å². The minimum Gasteiger partial charge on any atom is -0.338 e. The zero-order chi connectivity index (χ0) is 17.8. The molecule has 0 bridgehead atoms. The SMILES string of the molecule is Cc1ccn(CC(=O)N2CCC[C@H]2CC(=O)c2ccccc2)c(=O)c1. The van der Waals surface area contributed by atoms with Crippen LogP contribution in [0.3, 0.4) is 0 Å². The summed E-state index contributed by atoms with van der Waals surface area (Å²) in [4.78, 5) is 38.8. The number of pyridine rings is 1. The van der Waals surface area contributed by atoms with Crippen LogP contribution < -0.4 is 5.56 Å². The van der Waals surface area contributed by atoms with Crippen molar-refractivity contribution in [2.45, 2.75) is 38.8 Å². The zero-order valence-corrected chi connectivity index (χ0v) is 14.4. The number of likely N-dealkylation sites (tertiary alicyclic amines) is 1. The number of carbonyl (C=O) groups is 2. The summed E-state index contributed by atoms with van der Waals surface area (Å²) >= 11 is 0. The summed E-state index contributed by atoms with van der Waals surface area (Å²) in [5, 5.41) is 0. The van der Waals surface area contributed by atoms with Gasteiger partial charge in [0.1, 0.15) is 6.54 Å². The third kappa shape index (κ3) is 4.05. The number of carbonyl (C=O) groups excluding carboxylic acids is 2. The van der Waals surface area contributed by atoms with E-state index in [1.807, 2.05) is 31.2 Å². The number of amides is 1. The van der Waals surface area contributed by atoms with Gasteiger partial charge in [0.05, 0.1) is 0 Å². The number of nitrogens with zero attached hydrogens (tertiary/aromatic N) is 2. The van der Waals surface area contributed by atoms with Crippen LogP contribution in [0.4, 0.5) is 0 Å². The van der Waals surface area contributed by atoms with E-state index in [4.69, 9.17) is 0 Å². The Morgan fingerprint density at radius 2 is 1.92 bits per heavy atom. The van der Waals surface area contributed by atoms with E-state index in [-0.39, 0.29) is 29.8 Å². The molecule has 2 heterocycles. The van der Waals surface area contributed by atoms with Crippen LogP contribution in [0.2, 0.25) is 0 Å². The summed E-state index contributed by atoms with van der Waals surface area (Å²) in [6, 6.07) is 12.4. The molecule has 1 aliphatic rings. The Kier molecular flexibility index (Phi) is 5.12. The molecule has 0 aliphatic carbocycles. The maximum Gasteiger partial charge on any atom is 0.251 e. The standard InChI is InChI=1S/C20H22N2O3/c1-15-9-11-21(19(24)12-15)14-20(25)22-10-5-8-17(22)13-18(23)16-6-3-2-4-7-16/h2-4,6-7,9,11-12,17H,5,8,10,13-14H2,1H3/t17-/m0/s1. The van der Waals surface area contributed by atoms with Gasteiger partial charge in [-0.2, -0.15) is 0 Å². The fourth-order valence-corrected chi connectivity index (χ4v) is 3.31. The Bertz CT molecular complexity index is 826. The van der Waals surface area contributed by atoms with Crippen LogP contribution in [0, 0.1) is 6.92 Å². The third-order valence-corrected chi connectivity index (χ3v) is 4.67. The first kappa shape index (κ1) is 17.1. The largest absolute Gasteiger partial charge is 0.338 e. The molecule has 0 spiro atoms. The Morgan fingerprint density at radius 1 is 1.16 bits per heavy atom. The average Bonchev–Trinajstić information content (AvgIpc) is 3.06. The van der Waals surface area contributed by atoms with E-state index in [1.54, 1.807) is 23.2 Å². The summed E-state index contributed by atoms with van der Waals surface area (Å²) in [7, 11) is 0. The van der Waals surface area contributed by atoms with Crippen LogP contribution in [0.15, 0.2) is 53.5 Å². The fraction of sp³-hybridized carbons (Fsp3) is 0.350. The van der Waals surface area contributed by atoms with E-state index in [2.05, 4.69) is 0 Å². The monoisotopic (exact) mass is 338 g/mol. The Morgan fingerprint density at radius 3 is 2.64 bits per heavy atom. The Hall–Kier alpha value is -2.69. The number of rotatable bonds is 5. The second kappa shape index (κ2) is 7.47. The number of aryl methyl sites for hydroxylation is 1. The minimum atomic E-state index is -0.176. The quantitative estimate of drug-likeness (QED) is 0.787. The van der Waals surface area contributed by atoms with E-state index < -0.39 is 0 Å². The van der Waals surface area contributed by atoms with E-state index >= 15 is 0 Å². The van der Waals surface area contributed by atoms with Gasteiger partial charge in [-0.1, -0.05) is 30.3 Å². The topological polar surface area (TPSA) is 59.4 Å². The minimum absolute atomic E-state index is 0.0230. The molecule has 5 heteroatoms. The van der Waals surface area contributed by atoms with Crippen molar-refractivity contribution in [2.75, 3.05) is 6.54 Å². The Labute approximate surface area is 146 Å². The lowest BCUT2D eigenvalue weighted by Gasteiger charge is -2.24. The number of hydrogen-bond acceptors (Lipinski definition) is 3. The Balaban J connectivity index is 1.67. The van der Waals surface area contributed by atoms with Gasteiger partial charge in [-0.05, 0) is 31.4 Å². The molecule has 1 aromatic carbocycles. The van der Waals surface area contributed by atoms with Gasteiger partial charge >= 0.3 is 0 Å². The van der Waals surface area contributed by atoms with Gasteiger partial charge in [0.25, 0.3) is 5.56 Å². The van der Waals surface area contributed by atoms with E-state index in [9.17, 15) is 14.4 Å². The van der Waals surface area contributed by atoms with Crippen LogP contribution in [0.25, 0.3) is 0 Å². The molecule has 1 fully saturated rings. The summed E-state index contributed by atoms with van der Waals surface area (Å²) in [5.74, 6) is -0.0490. The van der Waals surface area contributed by atoms with E-state index in [0.717, 1.165) is 18.4 Å². The second-order valence-corrected chi connectivity index (χ2v) is 6.55. The van der Waals surface area contributed by atoms with Gasteiger partial charge in [-0.3, -0.25) is 14.4 Å². The molecular formula is C20H22N2O3. The predicted molar refractivity (Wildman–Crippen MR) is 95.6 cm³/mol. The number of Topliss-reactive ketones (excluding diaryl/α,β-unsaturated/α-hetero) is 1. The average molecular weight is 338 g/mol. The molecule has 1 aliphatic heterocycles. The van der Waals surface area contributed by atoms with Gasteiger partial charge in [0, 0.05) is 36.8 Å².